The van der Waals surface area contributed by atoms with Crippen molar-refractivity contribution in [1.82, 2.24) is 4.57 Å². The molecule has 104 valence electrons. The van der Waals surface area contributed by atoms with E-state index < -0.39 is 17.3 Å². The molecule has 2 aromatic rings. The number of aromatic nitrogens is 1. The minimum absolute atomic E-state index is 0.0351. The minimum Gasteiger partial charge on any atom is -0.477 e. The van der Waals surface area contributed by atoms with Gasteiger partial charge >= 0.3 is 5.97 Å². The maximum atomic E-state index is 12.9. The molecule has 1 heterocycles. The largest absolute Gasteiger partial charge is 0.477 e. The van der Waals surface area contributed by atoms with Crippen molar-refractivity contribution in [3.8, 4) is 11.3 Å². The Morgan fingerprint density at radius 3 is 2.35 bits per heavy atom. The number of rotatable bonds is 4. The van der Waals surface area contributed by atoms with Crippen LogP contribution in [-0.4, -0.2) is 27.4 Å². The number of halogens is 1. The third-order valence-corrected chi connectivity index (χ3v) is 2.87. The van der Waals surface area contributed by atoms with Crippen LogP contribution in [0.25, 0.3) is 11.3 Å². The molecule has 0 spiro atoms. The number of carbonyl (C=O) groups is 1. The minimum atomic E-state index is -1.33. The number of benzene rings is 1. The summed E-state index contributed by atoms with van der Waals surface area (Å²) in [7, 11) is 0. The summed E-state index contributed by atoms with van der Waals surface area (Å²) in [5.41, 5.74) is -0.0828. The molecular weight excluding hydrogens is 265 g/mol. The monoisotopic (exact) mass is 277 g/mol. The summed E-state index contributed by atoms with van der Waals surface area (Å²) in [5, 5.41) is 18.0. The molecule has 0 atom stereocenters. The molecule has 1 aromatic heterocycles. The summed E-state index contributed by atoms with van der Waals surface area (Å²) < 4.78 is 14.1. The number of aliphatic hydroxyl groups is 1. The lowest BCUT2D eigenvalue weighted by Gasteiger charge is -2.12. The lowest BCUT2D eigenvalue weighted by molar-refractivity contribution is 0.0694. The van der Waals surface area contributed by atoms with Crippen molar-refractivity contribution in [2.45, 2.75) is 6.54 Å². The van der Waals surface area contributed by atoms with Gasteiger partial charge in [0.05, 0.1) is 12.3 Å². The van der Waals surface area contributed by atoms with E-state index >= 15 is 0 Å². The Morgan fingerprint density at radius 2 is 1.80 bits per heavy atom. The van der Waals surface area contributed by atoms with Crippen molar-refractivity contribution in [2.24, 2.45) is 0 Å². The molecule has 2 rings (SSSR count). The van der Waals surface area contributed by atoms with Crippen molar-refractivity contribution < 1.29 is 19.4 Å². The van der Waals surface area contributed by atoms with E-state index in [1.165, 1.54) is 36.4 Å². The molecule has 0 bridgehead atoms. The topological polar surface area (TPSA) is 79.5 Å². The maximum Gasteiger partial charge on any atom is 0.341 e. The van der Waals surface area contributed by atoms with Gasteiger partial charge in [0.25, 0.3) is 5.56 Å². The molecule has 0 aliphatic rings. The Balaban J connectivity index is 2.64. The number of aromatic carboxylic acids is 1. The lowest BCUT2D eigenvalue weighted by Crippen LogP contribution is -2.28. The van der Waals surface area contributed by atoms with E-state index in [2.05, 4.69) is 0 Å². The molecule has 0 aliphatic carbocycles. The van der Waals surface area contributed by atoms with Crippen LogP contribution >= 0.6 is 0 Å². The van der Waals surface area contributed by atoms with Crippen molar-refractivity contribution in [2.75, 3.05) is 6.61 Å². The predicted molar refractivity (Wildman–Crippen MR) is 70.1 cm³/mol. The fourth-order valence-electron chi connectivity index (χ4n) is 1.94. The first-order chi connectivity index (χ1) is 9.54. The van der Waals surface area contributed by atoms with Crippen LogP contribution in [0.4, 0.5) is 4.39 Å². The first kappa shape index (κ1) is 14.0. The number of aliphatic hydroxyl groups excluding tert-OH is 1. The number of carboxylic acids is 1. The molecule has 0 saturated carbocycles. The molecule has 20 heavy (non-hydrogen) atoms. The molecule has 0 radical (unpaired) electrons. The van der Waals surface area contributed by atoms with Crippen LogP contribution in [0, 0.1) is 5.82 Å². The van der Waals surface area contributed by atoms with Crippen LogP contribution in [0.1, 0.15) is 10.4 Å². The van der Waals surface area contributed by atoms with E-state index in [1.54, 1.807) is 0 Å². The molecule has 6 heteroatoms. The quantitative estimate of drug-likeness (QED) is 0.884. The van der Waals surface area contributed by atoms with Gasteiger partial charge in [-0.05, 0) is 42.0 Å². The van der Waals surface area contributed by atoms with Gasteiger partial charge in [0, 0.05) is 6.54 Å². The molecule has 2 N–H and O–H groups in total. The second-order valence-corrected chi connectivity index (χ2v) is 4.12. The highest BCUT2D eigenvalue weighted by atomic mass is 19.1. The van der Waals surface area contributed by atoms with Crippen molar-refractivity contribution in [3.63, 3.8) is 0 Å². The number of pyridine rings is 1. The van der Waals surface area contributed by atoms with E-state index in [-0.39, 0.29) is 18.7 Å². The van der Waals surface area contributed by atoms with Crippen molar-refractivity contribution in [1.29, 1.82) is 0 Å². The summed E-state index contributed by atoms with van der Waals surface area (Å²) in [6, 6.07) is 8.13. The van der Waals surface area contributed by atoms with E-state index in [0.717, 1.165) is 4.57 Å². The van der Waals surface area contributed by atoms with Gasteiger partial charge in [-0.3, -0.25) is 4.79 Å². The number of hydrogen-bond acceptors (Lipinski definition) is 3. The highest BCUT2D eigenvalue weighted by molar-refractivity contribution is 5.87. The molecule has 1 aromatic carbocycles. The normalized spacial score (nSPS) is 10.5. The fourth-order valence-corrected chi connectivity index (χ4v) is 1.94. The second kappa shape index (κ2) is 5.66. The Hall–Kier alpha value is -2.47. The maximum absolute atomic E-state index is 12.9. The van der Waals surface area contributed by atoms with Gasteiger partial charge in [0.2, 0.25) is 0 Å². The number of nitrogens with zero attached hydrogens (tertiary/aromatic N) is 1. The van der Waals surface area contributed by atoms with Gasteiger partial charge in [-0.2, -0.15) is 0 Å². The standard InChI is InChI=1S/C14H12FNO4/c15-10-3-1-9(2-4-10)12-6-5-11(14(19)20)13(18)16(12)7-8-17/h1-6,17H,7-8H2,(H,19,20). The molecular formula is C14H12FNO4. The van der Waals surface area contributed by atoms with Gasteiger partial charge in [-0.25, -0.2) is 9.18 Å². The van der Waals surface area contributed by atoms with Gasteiger partial charge in [0.15, 0.2) is 0 Å². The first-order valence-corrected chi connectivity index (χ1v) is 5.88. The number of hydrogen-bond donors (Lipinski definition) is 2. The van der Waals surface area contributed by atoms with Gasteiger partial charge in [-0.1, -0.05) is 0 Å². The summed E-state index contributed by atoms with van der Waals surface area (Å²) in [4.78, 5) is 23.0. The molecule has 0 unspecified atom stereocenters. The van der Waals surface area contributed by atoms with E-state index in [4.69, 9.17) is 10.2 Å². The van der Waals surface area contributed by atoms with Crippen LogP contribution in [0.2, 0.25) is 0 Å². The fraction of sp³-hybridized carbons (Fsp3) is 0.143. The van der Waals surface area contributed by atoms with Gasteiger partial charge < -0.3 is 14.8 Å². The Bertz CT molecular complexity index is 691. The molecule has 0 fully saturated rings. The molecule has 5 nitrogen and oxygen atoms in total. The van der Waals surface area contributed by atoms with Crippen LogP contribution in [0.15, 0.2) is 41.2 Å². The summed E-state index contributed by atoms with van der Waals surface area (Å²) >= 11 is 0. The molecule has 0 saturated heterocycles. The van der Waals surface area contributed by atoms with E-state index in [9.17, 15) is 14.0 Å². The zero-order valence-electron chi connectivity index (χ0n) is 10.4. The zero-order chi connectivity index (χ0) is 14.7. The van der Waals surface area contributed by atoms with Gasteiger partial charge in [-0.15, -0.1) is 0 Å². The Kier molecular flexibility index (Phi) is 3.95. The van der Waals surface area contributed by atoms with Crippen molar-refractivity contribution >= 4 is 5.97 Å². The molecule has 0 amide bonds. The van der Waals surface area contributed by atoms with Crippen LogP contribution in [-0.2, 0) is 6.54 Å². The van der Waals surface area contributed by atoms with E-state index in [0.29, 0.717) is 11.3 Å². The lowest BCUT2D eigenvalue weighted by atomic mass is 10.1. The van der Waals surface area contributed by atoms with Crippen LogP contribution in [0.3, 0.4) is 0 Å². The van der Waals surface area contributed by atoms with E-state index in [1.807, 2.05) is 0 Å². The Morgan fingerprint density at radius 1 is 1.15 bits per heavy atom. The first-order valence-electron chi connectivity index (χ1n) is 5.88. The average molecular weight is 277 g/mol. The predicted octanol–water partition coefficient (Wildman–Crippen LogP) is 1.34. The highest BCUT2D eigenvalue weighted by Crippen LogP contribution is 2.18. The summed E-state index contributed by atoms with van der Waals surface area (Å²) in [6.07, 6.45) is 0. The van der Waals surface area contributed by atoms with Gasteiger partial charge in [0.1, 0.15) is 11.4 Å². The van der Waals surface area contributed by atoms with Crippen LogP contribution < -0.4 is 5.56 Å². The third kappa shape index (κ3) is 2.60. The zero-order valence-corrected chi connectivity index (χ0v) is 10.4. The molecule has 0 aliphatic heterocycles. The van der Waals surface area contributed by atoms with Crippen LogP contribution in [0.5, 0.6) is 0 Å². The SMILES string of the molecule is O=C(O)c1ccc(-c2ccc(F)cc2)n(CCO)c1=O. The summed E-state index contributed by atoms with van der Waals surface area (Å²) in [5.74, 6) is -1.74. The third-order valence-electron chi connectivity index (χ3n) is 2.87. The number of carboxylic acid groups (broad SMARTS) is 1. The second-order valence-electron chi connectivity index (χ2n) is 4.12. The summed E-state index contributed by atoms with van der Waals surface area (Å²) in [6.45, 7) is -0.343. The highest BCUT2D eigenvalue weighted by Gasteiger charge is 2.14. The average Bonchev–Trinajstić information content (AvgIpc) is 2.42. The van der Waals surface area contributed by atoms with Crippen molar-refractivity contribution in [3.05, 3.63) is 58.1 Å². The smallest absolute Gasteiger partial charge is 0.341 e. The Labute approximate surface area is 113 Å².